The van der Waals surface area contributed by atoms with Crippen LogP contribution in [0.15, 0.2) is 47.1 Å². The van der Waals surface area contributed by atoms with E-state index in [1.54, 1.807) is 0 Å². The van der Waals surface area contributed by atoms with Gasteiger partial charge < -0.3 is 20.1 Å². The minimum Gasteiger partial charge on any atom is -0.505 e. The van der Waals surface area contributed by atoms with E-state index in [0.717, 1.165) is 11.1 Å². The van der Waals surface area contributed by atoms with Crippen LogP contribution in [-0.2, 0) is 10.2 Å². The number of hydrogen-bond donors (Lipinski definition) is 3. The Morgan fingerprint density at radius 1 is 1.14 bits per heavy atom. The molecule has 0 saturated heterocycles. The molecule has 150 valence electrons. The number of nitrogens with one attached hydrogen (secondary N) is 1. The molecule has 0 fully saturated rings. The van der Waals surface area contributed by atoms with Crippen molar-refractivity contribution in [3.8, 4) is 28.3 Å². The van der Waals surface area contributed by atoms with Crippen LogP contribution in [0.4, 0.5) is 0 Å². The van der Waals surface area contributed by atoms with Crippen molar-refractivity contribution in [1.82, 2.24) is 15.5 Å². The van der Waals surface area contributed by atoms with Gasteiger partial charge in [-0.3, -0.25) is 9.59 Å². The van der Waals surface area contributed by atoms with Crippen molar-refractivity contribution in [3.63, 3.8) is 0 Å². The van der Waals surface area contributed by atoms with Crippen molar-refractivity contribution < 1.29 is 24.3 Å². The van der Waals surface area contributed by atoms with E-state index in [-0.39, 0.29) is 16.9 Å². The van der Waals surface area contributed by atoms with Crippen LogP contribution >= 0.6 is 0 Å². The summed E-state index contributed by atoms with van der Waals surface area (Å²) >= 11 is 0. The number of carboxylic acids is 1. The molecule has 0 atom stereocenters. The number of nitrogens with zero attached hydrogens (tertiary/aromatic N) is 2. The summed E-state index contributed by atoms with van der Waals surface area (Å²) in [6.07, 6.45) is 1.39. The Hall–Kier alpha value is -3.68. The molecule has 29 heavy (non-hydrogen) atoms. The zero-order valence-corrected chi connectivity index (χ0v) is 16.3. The third-order valence-corrected chi connectivity index (χ3v) is 4.23. The highest BCUT2D eigenvalue weighted by Gasteiger charge is 2.29. The van der Waals surface area contributed by atoms with Crippen molar-refractivity contribution >= 4 is 11.9 Å². The van der Waals surface area contributed by atoms with Gasteiger partial charge in [-0.2, -0.15) is 0 Å². The van der Waals surface area contributed by atoms with E-state index < -0.39 is 18.4 Å². The van der Waals surface area contributed by atoms with Gasteiger partial charge in [-0.05, 0) is 11.5 Å². The number of rotatable bonds is 5. The van der Waals surface area contributed by atoms with E-state index in [1.165, 1.54) is 12.3 Å². The zero-order chi connectivity index (χ0) is 21.2. The summed E-state index contributed by atoms with van der Waals surface area (Å²) in [6.45, 7) is 5.50. The molecule has 1 aromatic carbocycles. The quantitative estimate of drug-likeness (QED) is 0.605. The maximum atomic E-state index is 12.0. The van der Waals surface area contributed by atoms with E-state index in [2.05, 4.69) is 15.5 Å². The van der Waals surface area contributed by atoms with Gasteiger partial charge >= 0.3 is 5.97 Å². The number of carboxylic acid groups (broad SMARTS) is 1. The summed E-state index contributed by atoms with van der Waals surface area (Å²) in [6, 6.07) is 11.0. The van der Waals surface area contributed by atoms with Gasteiger partial charge in [0.05, 0.1) is 0 Å². The molecular weight excluding hydrogens is 374 g/mol. The van der Waals surface area contributed by atoms with Gasteiger partial charge in [0.15, 0.2) is 11.5 Å². The highest BCUT2D eigenvalue weighted by Crippen LogP contribution is 2.40. The molecule has 3 aromatic rings. The second-order valence-electron chi connectivity index (χ2n) is 7.52. The van der Waals surface area contributed by atoms with Crippen LogP contribution < -0.4 is 5.32 Å². The van der Waals surface area contributed by atoms with Gasteiger partial charge in [0.25, 0.3) is 5.91 Å². The maximum Gasteiger partial charge on any atom is 0.322 e. The van der Waals surface area contributed by atoms with Gasteiger partial charge in [0.2, 0.25) is 0 Å². The number of aliphatic carboxylic acids is 1. The molecule has 0 spiro atoms. The molecule has 0 aliphatic carbocycles. The lowest BCUT2D eigenvalue weighted by atomic mass is 9.82. The van der Waals surface area contributed by atoms with E-state index >= 15 is 0 Å². The molecule has 2 aromatic heterocycles. The minimum absolute atomic E-state index is 0.268. The van der Waals surface area contributed by atoms with Crippen molar-refractivity contribution in [2.24, 2.45) is 0 Å². The molecule has 8 heteroatoms. The number of hydrogen-bond acceptors (Lipinski definition) is 6. The molecule has 0 radical (unpaired) electrons. The number of carbonyl (C=O) groups excluding carboxylic acids is 1. The second kappa shape index (κ2) is 7.75. The first-order chi connectivity index (χ1) is 13.7. The molecule has 1 amide bonds. The molecule has 2 heterocycles. The number of pyridine rings is 1. The number of carbonyl (C=O) groups is 2. The molecule has 0 aliphatic rings. The predicted molar refractivity (Wildman–Crippen MR) is 106 cm³/mol. The standard InChI is InChI=1S/C21H21N3O5/c1-21(2,3)16-17(12-7-5-4-6-8-12)24-29-19(16)13-9-14(25)18(22-10-13)20(28)23-11-15(26)27/h4-10,25H,11H2,1-3H3,(H,23,28)(H,26,27). The van der Waals surface area contributed by atoms with Gasteiger partial charge in [-0.15, -0.1) is 0 Å². The average Bonchev–Trinajstić information content (AvgIpc) is 3.12. The normalized spacial score (nSPS) is 11.3. The molecule has 0 aliphatic heterocycles. The number of benzene rings is 1. The second-order valence-corrected chi connectivity index (χ2v) is 7.52. The van der Waals surface area contributed by atoms with Gasteiger partial charge in [-0.1, -0.05) is 56.3 Å². The van der Waals surface area contributed by atoms with Crippen LogP contribution in [0.1, 0.15) is 36.8 Å². The van der Waals surface area contributed by atoms with Crippen LogP contribution in [0.25, 0.3) is 22.6 Å². The fourth-order valence-corrected chi connectivity index (χ4v) is 2.97. The Morgan fingerprint density at radius 3 is 2.41 bits per heavy atom. The molecule has 8 nitrogen and oxygen atoms in total. The van der Waals surface area contributed by atoms with Crippen LogP contribution in [0.3, 0.4) is 0 Å². The summed E-state index contributed by atoms with van der Waals surface area (Å²) in [7, 11) is 0. The van der Waals surface area contributed by atoms with Crippen LogP contribution in [0.2, 0.25) is 0 Å². The first-order valence-corrected chi connectivity index (χ1v) is 8.93. The van der Waals surface area contributed by atoms with Crippen LogP contribution in [0.5, 0.6) is 5.75 Å². The number of aromatic hydroxyl groups is 1. The molecule has 0 bridgehead atoms. The SMILES string of the molecule is CC(C)(C)c1c(-c2ccccc2)noc1-c1cnc(C(=O)NCC(=O)O)c(O)c1. The third kappa shape index (κ3) is 4.26. The molecular formula is C21H21N3O5. The molecule has 0 unspecified atom stereocenters. The smallest absolute Gasteiger partial charge is 0.322 e. The average molecular weight is 395 g/mol. The molecule has 3 N–H and O–H groups in total. The lowest BCUT2D eigenvalue weighted by molar-refractivity contribution is -0.135. The zero-order valence-electron chi connectivity index (χ0n) is 16.3. The lowest BCUT2D eigenvalue weighted by Gasteiger charge is -2.19. The van der Waals surface area contributed by atoms with E-state index in [4.69, 9.17) is 9.63 Å². The van der Waals surface area contributed by atoms with Crippen molar-refractivity contribution in [2.75, 3.05) is 6.54 Å². The summed E-state index contributed by atoms with van der Waals surface area (Å²) in [5, 5.41) is 25.3. The van der Waals surface area contributed by atoms with Crippen molar-refractivity contribution in [1.29, 1.82) is 0 Å². The van der Waals surface area contributed by atoms with Gasteiger partial charge in [-0.25, -0.2) is 4.98 Å². The number of aromatic nitrogens is 2. The third-order valence-electron chi connectivity index (χ3n) is 4.23. The monoisotopic (exact) mass is 395 g/mol. The van der Waals surface area contributed by atoms with Crippen molar-refractivity contribution in [2.45, 2.75) is 26.2 Å². The predicted octanol–water partition coefficient (Wildman–Crippen LogP) is 3.22. The Morgan fingerprint density at radius 2 is 1.83 bits per heavy atom. The number of amides is 1. The maximum absolute atomic E-state index is 12.0. The van der Waals surface area contributed by atoms with E-state index in [0.29, 0.717) is 17.0 Å². The first kappa shape index (κ1) is 20.1. The summed E-state index contributed by atoms with van der Waals surface area (Å²) < 4.78 is 5.62. The summed E-state index contributed by atoms with van der Waals surface area (Å²) in [4.78, 5) is 26.6. The summed E-state index contributed by atoms with van der Waals surface area (Å²) in [5.41, 5.74) is 2.29. The van der Waals surface area contributed by atoms with Crippen LogP contribution in [0, 0.1) is 0 Å². The van der Waals surface area contributed by atoms with E-state index in [1.807, 2.05) is 51.1 Å². The lowest BCUT2D eigenvalue weighted by Crippen LogP contribution is -2.29. The van der Waals surface area contributed by atoms with Crippen LogP contribution in [-0.4, -0.2) is 38.8 Å². The Balaban J connectivity index is 2.03. The van der Waals surface area contributed by atoms with Gasteiger partial charge in [0.1, 0.15) is 18.0 Å². The topological polar surface area (TPSA) is 126 Å². The largest absolute Gasteiger partial charge is 0.505 e. The van der Waals surface area contributed by atoms with Gasteiger partial charge in [0, 0.05) is 22.9 Å². The highest BCUT2D eigenvalue weighted by molar-refractivity contribution is 5.96. The van der Waals surface area contributed by atoms with E-state index in [9.17, 15) is 14.7 Å². The first-order valence-electron chi connectivity index (χ1n) is 8.93. The molecule has 0 saturated carbocycles. The Kier molecular flexibility index (Phi) is 5.36. The fourth-order valence-electron chi connectivity index (χ4n) is 2.97. The Bertz CT molecular complexity index is 1050. The molecule has 3 rings (SSSR count). The highest BCUT2D eigenvalue weighted by atomic mass is 16.5. The minimum atomic E-state index is -1.20. The fraction of sp³-hybridized carbons (Fsp3) is 0.238. The Labute approximate surface area is 167 Å². The summed E-state index contributed by atoms with van der Waals surface area (Å²) in [5.74, 6) is -1.92. The van der Waals surface area contributed by atoms with Crippen molar-refractivity contribution in [3.05, 3.63) is 53.9 Å².